The number of aromatic nitrogens is 4. The Balaban J connectivity index is 1.51. The number of nitrogens with zero attached hydrogens (tertiary/aromatic N) is 6. The predicted molar refractivity (Wildman–Crippen MR) is 131 cm³/mol. The Kier molecular flexibility index (Phi) is 6.18. The van der Waals surface area contributed by atoms with E-state index >= 15 is 0 Å². The van der Waals surface area contributed by atoms with Gasteiger partial charge in [-0.05, 0) is 43.2 Å². The van der Waals surface area contributed by atoms with E-state index in [1.54, 1.807) is 48.2 Å². The fourth-order valence-electron chi connectivity index (χ4n) is 4.48. The number of rotatable bonds is 8. The van der Waals surface area contributed by atoms with Crippen molar-refractivity contribution in [2.75, 3.05) is 19.3 Å². The molecule has 1 fully saturated rings. The van der Waals surface area contributed by atoms with Gasteiger partial charge in [0.05, 0.1) is 47.0 Å². The molecule has 0 radical (unpaired) electrons. The molecule has 0 unspecified atom stereocenters. The smallest absolute Gasteiger partial charge is 0.417 e. The SMILES string of the molecule is CN(CC1(OC=O)CC1)N(Cc1ccc(C(F)(F)F)cn1)C(=O)c1ccc2nc(N)c3cnn(C)c3c2c1. The van der Waals surface area contributed by atoms with Gasteiger partial charge in [0.15, 0.2) is 0 Å². The third kappa shape index (κ3) is 4.72. The standard InChI is InChI=1S/C25H24F3N7O3/c1-33(13-24(7-8-24)38-14-36)35(12-17-5-4-16(10-30-17)25(26,27)28)23(37)15-3-6-20-18(9-15)21-19(22(29)32-20)11-31-34(21)2/h3-6,9-11,14H,7-8,12-13H2,1-2H3,(H2,29,32). The molecule has 13 heteroatoms. The molecular formula is C25H24F3N7O3. The highest BCUT2D eigenvalue weighted by Gasteiger charge is 2.47. The van der Waals surface area contributed by atoms with Gasteiger partial charge in [-0.15, -0.1) is 0 Å². The molecule has 1 aliphatic rings. The monoisotopic (exact) mass is 527 g/mol. The van der Waals surface area contributed by atoms with Gasteiger partial charge in [-0.25, -0.2) is 9.99 Å². The maximum absolute atomic E-state index is 13.8. The molecule has 5 rings (SSSR count). The lowest BCUT2D eigenvalue weighted by Gasteiger charge is -2.34. The van der Waals surface area contributed by atoms with Crippen LogP contribution in [0.15, 0.2) is 42.7 Å². The van der Waals surface area contributed by atoms with Crippen LogP contribution in [0.4, 0.5) is 19.0 Å². The second-order valence-electron chi connectivity index (χ2n) is 9.37. The Morgan fingerprint density at radius 1 is 1.21 bits per heavy atom. The summed E-state index contributed by atoms with van der Waals surface area (Å²) in [6, 6.07) is 7.13. The Labute approximate surface area is 214 Å². The van der Waals surface area contributed by atoms with E-state index < -0.39 is 23.2 Å². The first-order valence-electron chi connectivity index (χ1n) is 11.7. The number of carbonyl (C=O) groups excluding carboxylic acids is 2. The van der Waals surface area contributed by atoms with Crippen LogP contribution in [0.2, 0.25) is 0 Å². The van der Waals surface area contributed by atoms with Gasteiger partial charge in [0.1, 0.15) is 11.4 Å². The zero-order chi connectivity index (χ0) is 27.2. The second kappa shape index (κ2) is 9.24. The normalized spacial score (nSPS) is 14.7. The first kappa shape index (κ1) is 25.4. The molecule has 38 heavy (non-hydrogen) atoms. The number of carbonyl (C=O) groups is 2. The summed E-state index contributed by atoms with van der Waals surface area (Å²) in [5, 5.41) is 8.54. The number of likely N-dealkylation sites (N-methyl/N-ethyl adjacent to an activating group) is 1. The summed E-state index contributed by atoms with van der Waals surface area (Å²) < 4.78 is 45.9. The van der Waals surface area contributed by atoms with E-state index in [9.17, 15) is 22.8 Å². The van der Waals surface area contributed by atoms with E-state index in [2.05, 4.69) is 15.1 Å². The lowest BCUT2D eigenvalue weighted by atomic mass is 10.1. The van der Waals surface area contributed by atoms with Crippen LogP contribution in [0.5, 0.6) is 0 Å². The highest BCUT2D eigenvalue weighted by atomic mass is 19.4. The van der Waals surface area contributed by atoms with Gasteiger partial charge in [-0.2, -0.15) is 18.3 Å². The van der Waals surface area contributed by atoms with Crippen LogP contribution < -0.4 is 5.73 Å². The number of hydrogen-bond acceptors (Lipinski definition) is 8. The van der Waals surface area contributed by atoms with Crippen molar-refractivity contribution >= 4 is 40.0 Å². The Hall–Kier alpha value is -4.26. The summed E-state index contributed by atoms with van der Waals surface area (Å²) in [4.78, 5) is 33.2. The highest BCUT2D eigenvalue weighted by molar-refractivity contribution is 6.10. The zero-order valence-corrected chi connectivity index (χ0v) is 20.6. The summed E-state index contributed by atoms with van der Waals surface area (Å²) in [5.74, 6) is -0.107. The predicted octanol–water partition coefficient (Wildman–Crippen LogP) is 3.31. The maximum atomic E-state index is 13.8. The van der Waals surface area contributed by atoms with Crippen LogP contribution in [-0.4, -0.2) is 61.3 Å². The van der Waals surface area contributed by atoms with E-state index in [-0.39, 0.29) is 18.8 Å². The second-order valence-corrected chi connectivity index (χ2v) is 9.37. The minimum absolute atomic E-state index is 0.107. The van der Waals surface area contributed by atoms with Gasteiger partial charge in [-0.1, -0.05) is 0 Å². The van der Waals surface area contributed by atoms with Gasteiger partial charge in [0.25, 0.3) is 12.4 Å². The summed E-state index contributed by atoms with van der Waals surface area (Å²) in [7, 11) is 3.41. The molecule has 1 aromatic carbocycles. The summed E-state index contributed by atoms with van der Waals surface area (Å²) in [5.41, 5.74) is 6.33. The average Bonchev–Trinajstić information content (AvgIpc) is 3.51. The number of alkyl halides is 3. The topological polar surface area (TPSA) is 119 Å². The molecule has 0 atom stereocenters. The van der Waals surface area contributed by atoms with Crippen molar-refractivity contribution < 1.29 is 27.5 Å². The number of hydrogen-bond donors (Lipinski definition) is 1. The molecule has 1 amide bonds. The van der Waals surface area contributed by atoms with E-state index in [0.717, 1.165) is 12.3 Å². The van der Waals surface area contributed by atoms with Crippen LogP contribution in [0, 0.1) is 0 Å². The summed E-state index contributed by atoms with van der Waals surface area (Å²) in [6.07, 6.45) is -0.913. The van der Waals surface area contributed by atoms with Crippen LogP contribution in [0.25, 0.3) is 21.8 Å². The van der Waals surface area contributed by atoms with Crippen molar-refractivity contribution in [2.24, 2.45) is 7.05 Å². The summed E-state index contributed by atoms with van der Waals surface area (Å²) in [6.45, 7) is 0.491. The molecular weight excluding hydrogens is 503 g/mol. The van der Waals surface area contributed by atoms with E-state index in [1.807, 2.05) is 0 Å². The lowest BCUT2D eigenvalue weighted by Crippen LogP contribution is -2.48. The largest absolute Gasteiger partial charge is 0.460 e. The fraction of sp³-hybridized carbons (Fsp3) is 0.320. The maximum Gasteiger partial charge on any atom is 0.417 e. The molecule has 1 saturated carbocycles. The number of halogens is 3. The number of pyridine rings is 2. The Morgan fingerprint density at radius 3 is 2.61 bits per heavy atom. The highest BCUT2D eigenvalue weighted by Crippen LogP contribution is 2.40. The minimum Gasteiger partial charge on any atom is -0.460 e. The fourth-order valence-corrected chi connectivity index (χ4v) is 4.48. The van der Waals surface area contributed by atoms with Crippen molar-refractivity contribution in [1.29, 1.82) is 0 Å². The molecule has 0 spiro atoms. The van der Waals surface area contributed by atoms with Crippen molar-refractivity contribution in [3.63, 3.8) is 0 Å². The number of anilines is 1. The molecule has 10 nitrogen and oxygen atoms in total. The average molecular weight is 528 g/mol. The van der Waals surface area contributed by atoms with Crippen molar-refractivity contribution in [3.8, 4) is 0 Å². The van der Waals surface area contributed by atoms with Crippen LogP contribution in [-0.2, 0) is 29.3 Å². The van der Waals surface area contributed by atoms with Crippen LogP contribution >= 0.6 is 0 Å². The van der Waals surface area contributed by atoms with Gasteiger partial charge < -0.3 is 10.5 Å². The number of hydrazine groups is 1. The molecule has 2 N–H and O–H groups in total. The third-order valence-corrected chi connectivity index (χ3v) is 6.69. The number of benzene rings is 1. The molecule has 1 aliphatic carbocycles. The molecule has 4 aromatic rings. The first-order chi connectivity index (χ1) is 18.0. The molecule has 3 heterocycles. The van der Waals surface area contributed by atoms with Gasteiger partial charge in [0, 0.05) is 31.2 Å². The lowest BCUT2D eigenvalue weighted by molar-refractivity contribution is -0.139. The zero-order valence-electron chi connectivity index (χ0n) is 20.6. The number of nitrogen functional groups attached to an aromatic ring is 1. The van der Waals surface area contributed by atoms with E-state index in [1.165, 1.54) is 11.1 Å². The summed E-state index contributed by atoms with van der Waals surface area (Å²) >= 11 is 0. The van der Waals surface area contributed by atoms with Gasteiger partial charge in [0.2, 0.25) is 0 Å². The van der Waals surface area contributed by atoms with E-state index in [4.69, 9.17) is 10.5 Å². The van der Waals surface area contributed by atoms with Crippen molar-refractivity contribution in [3.05, 3.63) is 59.5 Å². The Bertz CT molecular complexity index is 1530. The third-order valence-electron chi connectivity index (χ3n) is 6.69. The molecule has 0 saturated heterocycles. The van der Waals surface area contributed by atoms with Gasteiger partial charge in [-0.3, -0.25) is 24.3 Å². The number of nitrogens with two attached hydrogens (primary N) is 1. The quantitative estimate of drug-likeness (QED) is 0.274. The number of fused-ring (bicyclic) bond motifs is 3. The first-order valence-corrected chi connectivity index (χ1v) is 11.7. The van der Waals surface area contributed by atoms with Crippen molar-refractivity contribution in [2.45, 2.75) is 31.2 Å². The van der Waals surface area contributed by atoms with Gasteiger partial charge >= 0.3 is 6.18 Å². The number of amides is 1. The van der Waals surface area contributed by atoms with Crippen LogP contribution in [0.1, 0.15) is 34.5 Å². The minimum atomic E-state index is -4.53. The molecule has 0 aliphatic heterocycles. The van der Waals surface area contributed by atoms with E-state index in [0.29, 0.717) is 52.5 Å². The number of ether oxygens (including phenoxy) is 1. The number of aryl methyl sites for hydroxylation is 1. The molecule has 198 valence electrons. The molecule has 0 bridgehead atoms. The van der Waals surface area contributed by atoms with Crippen molar-refractivity contribution in [1.82, 2.24) is 29.8 Å². The Morgan fingerprint density at radius 2 is 1.97 bits per heavy atom. The van der Waals surface area contributed by atoms with Crippen LogP contribution in [0.3, 0.4) is 0 Å². The molecule has 3 aromatic heterocycles.